The number of carbonyl (C=O) groups is 1. The van der Waals surface area contributed by atoms with Crippen molar-refractivity contribution in [1.29, 1.82) is 0 Å². The SMILES string of the molecule is CCC1CCCC(OC2OC(C(F)F)C(O)C(OC(C)CC3CCCCC3)C2NC(C)=O)C1OC1OC(C)C(O)C(O)C1O. The molecule has 4 rings (SSSR count). The fraction of sp³-hybridized carbons (Fsp3) is 0.968. The van der Waals surface area contributed by atoms with Gasteiger partial charge in [0.1, 0.15) is 42.7 Å². The molecule has 0 aromatic rings. The van der Waals surface area contributed by atoms with E-state index in [0.29, 0.717) is 25.2 Å². The molecule has 2 aliphatic carbocycles. The number of hydrogen-bond donors (Lipinski definition) is 5. The van der Waals surface area contributed by atoms with Crippen molar-refractivity contribution in [2.45, 2.75) is 178 Å². The highest BCUT2D eigenvalue weighted by Crippen LogP contribution is 2.38. The Kier molecular flexibility index (Phi) is 13.2. The molecular weight excluding hydrogens is 584 g/mol. The third kappa shape index (κ3) is 8.65. The van der Waals surface area contributed by atoms with E-state index in [1.165, 1.54) is 13.3 Å². The first-order valence-electron chi connectivity index (χ1n) is 16.5. The lowest BCUT2D eigenvalue weighted by Gasteiger charge is -2.48. The van der Waals surface area contributed by atoms with Crippen molar-refractivity contribution >= 4 is 5.91 Å². The minimum Gasteiger partial charge on any atom is -0.388 e. The van der Waals surface area contributed by atoms with E-state index in [-0.39, 0.29) is 12.0 Å². The molecule has 13 heteroatoms. The molecular formula is C31H53F2NO10. The number of halogens is 2. The summed E-state index contributed by atoms with van der Waals surface area (Å²) in [5.74, 6) is -0.0870. The van der Waals surface area contributed by atoms with E-state index in [0.717, 1.165) is 38.5 Å². The fourth-order valence-corrected chi connectivity index (χ4v) is 7.41. The maximum Gasteiger partial charge on any atom is 0.267 e. The van der Waals surface area contributed by atoms with Crippen LogP contribution in [0.5, 0.6) is 0 Å². The standard InChI is InChI=1S/C31H53F2NO10/c1-5-19-12-9-13-20(26(19)43-31-24(38)23(37)22(36)16(3)41-31)42-30-21(34-17(4)35)27(25(39)28(44-30)29(32)33)40-15(2)14-18-10-7-6-8-11-18/h15-16,18-31,36-39H,5-14H2,1-4H3,(H,34,35). The number of ether oxygens (including phenoxy) is 5. The second kappa shape index (κ2) is 16.2. The first kappa shape index (κ1) is 35.8. The van der Waals surface area contributed by atoms with E-state index < -0.39 is 85.9 Å². The third-order valence-electron chi connectivity index (χ3n) is 9.84. The molecule has 4 fully saturated rings. The van der Waals surface area contributed by atoms with Gasteiger partial charge < -0.3 is 49.4 Å². The van der Waals surface area contributed by atoms with Crippen molar-refractivity contribution in [3.8, 4) is 0 Å². The van der Waals surface area contributed by atoms with Crippen molar-refractivity contribution in [2.75, 3.05) is 0 Å². The number of amides is 1. The van der Waals surface area contributed by atoms with E-state index in [1.54, 1.807) is 6.92 Å². The Morgan fingerprint density at radius 3 is 2.23 bits per heavy atom. The van der Waals surface area contributed by atoms with E-state index in [4.69, 9.17) is 23.7 Å². The van der Waals surface area contributed by atoms with Gasteiger partial charge >= 0.3 is 0 Å². The van der Waals surface area contributed by atoms with Crippen molar-refractivity contribution in [2.24, 2.45) is 11.8 Å². The normalized spacial score (nSPS) is 43.1. The van der Waals surface area contributed by atoms with Gasteiger partial charge in [-0.3, -0.25) is 4.79 Å². The molecule has 256 valence electrons. The molecule has 2 saturated carbocycles. The summed E-state index contributed by atoms with van der Waals surface area (Å²) < 4.78 is 58.8. The van der Waals surface area contributed by atoms with Crippen LogP contribution in [0.2, 0.25) is 0 Å². The highest BCUT2D eigenvalue weighted by Gasteiger charge is 2.53. The Morgan fingerprint density at radius 2 is 1.59 bits per heavy atom. The van der Waals surface area contributed by atoms with E-state index >= 15 is 0 Å². The van der Waals surface area contributed by atoms with Gasteiger partial charge in [0, 0.05) is 6.92 Å². The number of aliphatic hydroxyl groups excluding tert-OH is 4. The molecule has 2 saturated heterocycles. The Hall–Kier alpha value is -1.03. The minimum absolute atomic E-state index is 0.0642. The lowest BCUT2D eigenvalue weighted by Crippen LogP contribution is -2.67. The maximum absolute atomic E-state index is 14.2. The van der Waals surface area contributed by atoms with Crippen LogP contribution in [0.25, 0.3) is 0 Å². The molecule has 5 N–H and O–H groups in total. The van der Waals surface area contributed by atoms with Crippen LogP contribution in [-0.2, 0) is 28.5 Å². The van der Waals surface area contributed by atoms with Gasteiger partial charge in [-0.15, -0.1) is 0 Å². The Bertz CT molecular complexity index is 898. The minimum atomic E-state index is -3.05. The van der Waals surface area contributed by atoms with Gasteiger partial charge in [-0.25, -0.2) is 8.78 Å². The summed E-state index contributed by atoms with van der Waals surface area (Å²) in [5.41, 5.74) is 0. The van der Waals surface area contributed by atoms with Crippen LogP contribution < -0.4 is 5.32 Å². The average Bonchev–Trinajstić information content (AvgIpc) is 2.98. The largest absolute Gasteiger partial charge is 0.388 e. The second-order valence-electron chi connectivity index (χ2n) is 13.2. The van der Waals surface area contributed by atoms with Crippen LogP contribution >= 0.6 is 0 Å². The second-order valence-corrected chi connectivity index (χ2v) is 13.2. The topological polar surface area (TPSA) is 156 Å². The highest BCUT2D eigenvalue weighted by atomic mass is 19.3. The zero-order chi connectivity index (χ0) is 32.1. The molecule has 4 aliphatic rings. The molecule has 0 aromatic carbocycles. The predicted molar refractivity (Wildman–Crippen MR) is 154 cm³/mol. The summed E-state index contributed by atoms with van der Waals surface area (Å²) in [6.45, 7) is 6.67. The van der Waals surface area contributed by atoms with Crippen LogP contribution in [0.15, 0.2) is 0 Å². The summed E-state index contributed by atoms with van der Waals surface area (Å²) in [5, 5.41) is 44.9. The van der Waals surface area contributed by atoms with Crippen molar-refractivity contribution in [3.63, 3.8) is 0 Å². The summed E-state index contributed by atoms with van der Waals surface area (Å²) >= 11 is 0. The lowest BCUT2D eigenvalue weighted by molar-refractivity contribution is -0.341. The lowest BCUT2D eigenvalue weighted by atomic mass is 9.82. The Balaban J connectivity index is 1.56. The number of carbonyl (C=O) groups excluding carboxylic acids is 1. The van der Waals surface area contributed by atoms with Crippen molar-refractivity contribution < 1.29 is 57.7 Å². The molecule has 1 amide bonds. The fourth-order valence-electron chi connectivity index (χ4n) is 7.41. The number of aliphatic hydroxyl groups is 4. The summed E-state index contributed by atoms with van der Waals surface area (Å²) in [6.07, 6.45) is -8.49. The number of nitrogens with one attached hydrogen (secondary N) is 1. The number of rotatable bonds is 11. The van der Waals surface area contributed by atoms with Gasteiger partial charge in [-0.05, 0) is 44.9 Å². The zero-order valence-electron chi connectivity index (χ0n) is 26.3. The van der Waals surface area contributed by atoms with Gasteiger partial charge in [0.05, 0.1) is 24.4 Å². The Morgan fingerprint density at radius 1 is 0.886 bits per heavy atom. The van der Waals surface area contributed by atoms with Gasteiger partial charge in [0.15, 0.2) is 12.6 Å². The third-order valence-corrected chi connectivity index (χ3v) is 9.84. The number of alkyl halides is 2. The van der Waals surface area contributed by atoms with Crippen LogP contribution in [0.1, 0.15) is 91.9 Å². The van der Waals surface area contributed by atoms with E-state index in [9.17, 15) is 34.0 Å². The molecule has 0 aromatic heterocycles. The van der Waals surface area contributed by atoms with Gasteiger partial charge in [-0.1, -0.05) is 51.9 Å². The summed E-state index contributed by atoms with van der Waals surface area (Å²) in [6, 6.07) is -1.09. The molecule has 0 spiro atoms. The smallest absolute Gasteiger partial charge is 0.267 e. The van der Waals surface area contributed by atoms with Crippen LogP contribution in [0.4, 0.5) is 8.78 Å². The zero-order valence-corrected chi connectivity index (χ0v) is 26.3. The molecule has 14 unspecified atom stereocenters. The molecule has 0 bridgehead atoms. The summed E-state index contributed by atoms with van der Waals surface area (Å²) in [4.78, 5) is 12.3. The molecule has 2 heterocycles. The first-order chi connectivity index (χ1) is 20.9. The highest BCUT2D eigenvalue weighted by molar-refractivity contribution is 5.73. The molecule has 2 aliphatic heterocycles. The van der Waals surface area contributed by atoms with Gasteiger partial charge in [0.2, 0.25) is 5.91 Å². The maximum atomic E-state index is 14.2. The number of hydrogen-bond acceptors (Lipinski definition) is 10. The van der Waals surface area contributed by atoms with E-state index in [1.807, 2.05) is 13.8 Å². The quantitative estimate of drug-likeness (QED) is 0.228. The average molecular weight is 638 g/mol. The van der Waals surface area contributed by atoms with Gasteiger partial charge in [0.25, 0.3) is 6.43 Å². The molecule has 11 nitrogen and oxygen atoms in total. The predicted octanol–water partition coefficient (Wildman–Crippen LogP) is 2.39. The van der Waals surface area contributed by atoms with Crippen LogP contribution in [0.3, 0.4) is 0 Å². The Labute approximate surface area is 258 Å². The van der Waals surface area contributed by atoms with Gasteiger partial charge in [-0.2, -0.15) is 0 Å². The van der Waals surface area contributed by atoms with E-state index in [2.05, 4.69) is 5.32 Å². The van der Waals surface area contributed by atoms with Crippen molar-refractivity contribution in [3.05, 3.63) is 0 Å². The molecule has 44 heavy (non-hydrogen) atoms. The summed E-state index contributed by atoms with van der Waals surface area (Å²) in [7, 11) is 0. The molecule has 0 radical (unpaired) electrons. The first-order valence-corrected chi connectivity index (χ1v) is 16.5. The monoisotopic (exact) mass is 637 g/mol. The van der Waals surface area contributed by atoms with Crippen LogP contribution in [0, 0.1) is 11.8 Å². The van der Waals surface area contributed by atoms with Crippen LogP contribution in [-0.4, -0.2) is 112 Å². The molecule has 14 atom stereocenters. The van der Waals surface area contributed by atoms with Crippen molar-refractivity contribution in [1.82, 2.24) is 5.32 Å².